The van der Waals surface area contributed by atoms with Gasteiger partial charge in [-0.25, -0.2) is 4.39 Å². The number of nitrogens with zero attached hydrogens (tertiary/aromatic N) is 1. The second-order valence-corrected chi connectivity index (χ2v) is 3.72. The van der Waals surface area contributed by atoms with Crippen LogP contribution in [0, 0.1) is 29.0 Å². The maximum absolute atomic E-state index is 13.4. The van der Waals surface area contributed by atoms with E-state index in [2.05, 4.69) is 17.9 Å². The van der Waals surface area contributed by atoms with Gasteiger partial charge in [-0.1, -0.05) is 42.2 Å². The minimum atomic E-state index is -0.331. The number of hydrogen-bond donors (Lipinski definition) is 0. The van der Waals surface area contributed by atoms with E-state index in [-0.39, 0.29) is 5.82 Å². The van der Waals surface area contributed by atoms with Gasteiger partial charge in [-0.15, -0.1) is 0 Å². The molecular formula is C16H10FN. The van der Waals surface area contributed by atoms with E-state index in [4.69, 9.17) is 5.26 Å². The lowest BCUT2D eigenvalue weighted by Gasteiger charge is -1.98. The van der Waals surface area contributed by atoms with Crippen LogP contribution in [0.1, 0.15) is 16.7 Å². The second kappa shape index (κ2) is 5.66. The molecule has 0 atom stereocenters. The normalized spacial score (nSPS) is 9.11. The summed E-state index contributed by atoms with van der Waals surface area (Å²) in [5.41, 5.74) is 2.00. The lowest BCUT2D eigenvalue weighted by atomic mass is 10.1. The fourth-order valence-corrected chi connectivity index (χ4v) is 1.58. The zero-order chi connectivity index (χ0) is 12.8. The van der Waals surface area contributed by atoms with Crippen LogP contribution < -0.4 is 0 Å². The number of benzene rings is 2. The molecule has 0 aliphatic carbocycles. The second-order valence-electron chi connectivity index (χ2n) is 3.72. The Labute approximate surface area is 106 Å². The van der Waals surface area contributed by atoms with Gasteiger partial charge in [0, 0.05) is 5.56 Å². The van der Waals surface area contributed by atoms with E-state index in [0.717, 1.165) is 11.1 Å². The van der Waals surface area contributed by atoms with Crippen molar-refractivity contribution < 1.29 is 4.39 Å². The van der Waals surface area contributed by atoms with Crippen LogP contribution in [0.4, 0.5) is 4.39 Å². The first kappa shape index (κ1) is 11.9. The highest BCUT2D eigenvalue weighted by Gasteiger charge is 1.98. The molecule has 0 aliphatic rings. The SMILES string of the molecule is N#CCc1ccccc1C#Cc1ccccc1F. The Balaban J connectivity index is 2.37. The summed E-state index contributed by atoms with van der Waals surface area (Å²) in [6, 6.07) is 15.9. The summed E-state index contributed by atoms with van der Waals surface area (Å²) in [6.07, 6.45) is 0.308. The summed E-state index contributed by atoms with van der Waals surface area (Å²) in [7, 11) is 0. The maximum atomic E-state index is 13.4. The molecule has 0 radical (unpaired) electrons. The molecule has 0 amide bonds. The molecule has 0 aromatic heterocycles. The van der Waals surface area contributed by atoms with Crippen LogP contribution in [0.5, 0.6) is 0 Å². The van der Waals surface area contributed by atoms with Crippen molar-refractivity contribution in [2.24, 2.45) is 0 Å². The summed E-state index contributed by atoms with van der Waals surface area (Å²) in [6.45, 7) is 0. The monoisotopic (exact) mass is 235 g/mol. The quantitative estimate of drug-likeness (QED) is 0.696. The number of nitriles is 1. The van der Waals surface area contributed by atoms with Crippen LogP contribution in [0.2, 0.25) is 0 Å². The highest BCUT2D eigenvalue weighted by atomic mass is 19.1. The van der Waals surface area contributed by atoms with E-state index in [0.29, 0.717) is 12.0 Å². The van der Waals surface area contributed by atoms with Gasteiger partial charge in [0.05, 0.1) is 18.1 Å². The van der Waals surface area contributed by atoms with E-state index in [9.17, 15) is 4.39 Å². The number of rotatable bonds is 1. The van der Waals surface area contributed by atoms with Gasteiger partial charge in [-0.2, -0.15) is 5.26 Å². The van der Waals surface area contributed by atoms with Gasteiger partial charge in [0.15, 0.2) is 0 Å². The molecule has 0 saturated carbocycles. The summed E-state index contributed by atoms with van der Waals surface area (Å²) < 4.78 is 13.4. The molecule has 0 heterocycles. The summed E-state index contributed by atoms with van der Waals surface area (Å²) >= 11 is 0. The van der Waals surface area contributed by atoms with Crippen molar-refractivity contribution in [3.63, 3.8) is 0 Å². The number of hydrogen-bond acceptors (Lipinski definition) is 1. The third-order valence-electron chi connectivity index (χ3n) is 2.49. The molecule has 18 heavy (non-hydrogen) atoms. The van der Waals surface area contributed by atoms with E-state index in [1.807, 2.05) is 24.3 Å². The van der Waals surface area contributed by atoms with Gasteiger partial charge in [0.2, 0.25) is 0 Å². The lowest BCUT2D eigenvalue weighted by molar-refractivity contribution is 0.624. The minimum Gasteiger partial charge on any atom is -0.206 e. The molecule has 0 bridgehead atoms. The van der Waals surface area contributed by atoms with E-state index in [1.165, 1.54) is 6.07 Å². The Morgan fingerprint density at radius 3 is 2.22 bits per heavy atom. The third-order valence-corrected chi connectivity index (χ3v) is 2.49. The molecule has 86 valence electrons. The Morgan fingerprint density at radius 2 is 1.50 bits per heavy atom. The molecule has 0 spiro atoms. The van der Waals surface area contributed by atoms with Crippen molar-refractivity contribution in [1.82, 2.24) is 0 Å². The lowest BCUT2D eigenvalue weighted by Crippen LogP contribution is -1.88. The minimum absolute atomic E-state index is 0.308. The van der Waals surface area contributed by atoms with Gasteiger partial charge in [0.1, 0.15) is 5.82 Å². The zero-order valence-corrected chi connectivity index (χ0v) is 9.65. The van der Waals surface area contributed by atoms with Crippen LogP contribution in [-0.4, -0.2) is 0 Å². The molecule has 0 aliphatic heterocycles. The Kier molecular flexibility index (Phi) is 3.74. The molecule has 0 fully saturated rings. The Hall–Kier alpha value is -2.58. The topological polar surface area (TPSA) is 23.8 Å². The van der Waals surface area contributed by atoms with Gasteiger partial charge in [-0.05, 0) is 23.8 Å². The maximum Gasteiger partial charge on any atom is 0.138 e. The Morgan fingerprint density at radius 1 is 0.889 bits per heavy atom. The molecule has 2 heteroatoms. The fourth-order valence-electron chi connectivity index (χ4n) is 1.58. The van der Waals surface area contributed by atoms with Crippen molar-refractivity contribution in [2.45, 2.75) is 6.42 Å². The van der Waals surface area contributed by atoms with Crippen LogP contribution >= 0.6 is 0 Å². The molecule has 1 nitrogen and oxygen atoms in total. The summed E-state index contributed by atoms with van der Waals surface area (Å²) in [4.78, 5) is 0. The highest BCUT2D eigenvalue weighted by Crippen LogP contribution is 2.09. The van der Waals surface area contributed by atoms with Gasteiger partial charge < -0.3 is 0 Å². The van der Waals surface area contributed by atoms with Gasteiger partial charge in [0.25, 0.3) is 0 Å². The summed E-state index contributed by atoms with van der Waals surface area (Å²) in [5.74, 6) is 5.38. The molecule has 0 saturated heterocycles. The van der Waals surface area contributed by atoms with E-state index < -0.39 is 0 Å². The molecular weight excluding hydrogens is 225 g/mol. The first-order valence-corrected chi connectivity index (χ1v) is 5.52. The van der Waals surface area contributed by atoms with Gasteiger partial charge >= 0.3 is 0 Å². The number of halogens is 1. The van der Waals surface area contributed by atoms with Crippen LogP contribution in [0.15, 0.2) is 48.5 Å². The average molecular weight is 235 g/mol. The third kappa shape index (κ3) is 2.75. The van der Waals surface area contributed by atoms with Crippen LogP contribution in [0.25, 0.3) is 0 Å². The fraction of sp³-hybridized carbons (Fsp3) is 0.0625. The van der Waals surface area contributed by atoms with Crippen molar-refractivity contribution in [1.29, 1.82) is 5.26 Å². The van der Waals surface area contributed by atoms with E-state index >= 15 is 0 Å². The predicted molar refractivity (Wildman–Crippen MR) is 68.1 cm³/mol. The highest BCUT2D eigenvalue weighted by molar-refractivity contribution is 5.47. The molecule has 2 rings (SSSR count). The zero-order valence-electron chi connectivity index (χ0n) is 9.65. The first-order valence-electron chi connectivity index (χ1n) is 5.52. The summed E-state index contributed by atoms with van der Waals surface area (Å²) in [5, 5.41) is 8.72. The van der Waals surface area contributed by atoms with Crippen LogP contribution in [-0.2, 0) is 6.42 Å². The van der Waals surface area contributed by atoms with Crippen molar-refractivity contribution in [3.8, 4) is 17.9 Å². The van der Waals surface area contributed by atoms with Crippen molar-refractivity contribution >= 4 is 0 Å². The average Bonchev–Trinajstić information content (AvgIpc) is 2.40. The van der Waals surface area contributed by atoms with Crippen molar-refractivity contribution in [3.05, 3.63) is 71.0 Å². The largest absolute Gasteiger partial charge is 0.206 e. The predicted octanol–water partition coefficient (Wildman–Crippen LogP) is 3.29. The standard InChI is InChI=1S/C16H10FN/c17-16-8-4-3-7-15(16)10-9-13-5-1-2-6-14(13)11-12-18/h1-8H,11H2. The smallest absolute Gasteiger partial charge is 0.138 e. The van der Waals surface area contributed by atoms with E-state index in [1.54, 1.807) is 18.2 Å². The van der Waals surface area contributed by atoms with Gasteiger partial charge in [-0.3, -0.25) is 0 Å². The molecule has 0 N–H and O–H groups in total. The molecule has 2 aromatic rings. The molecule has 2 aromatic carbocycles. The van der Waals surface area contributed by atoms with Crippen molar-refractivity contribution in [2.75, 3.05) is 0 Å². The first-order chi connectivity index (χ1) is 8.81. The molecule has 0 unspecified atom stereocenters. The van der Waals surface area contributed by atoms with Crippen LogP contribution in [0.3, 0.4) is 0 Å². The Bertz CT molecular complexity index is 657.